The van der Waals surface area contributed by atoms with Crippen molar-refractivity contribution in [2.24, 2.45) is 5.92 Å². The molecule has 0 aliphatic rings. The van der Waals surface area contributed by atoms with Crippen molar-refractivity contribution in [1.29, 1.82) is 0 Å². The predicted molar refractivity (Wildman–Crippen MR) is 44.9 cm³/mol. The number of rotatable bonds is 1. The van der Waals surface area contributed by atoms with Gasteiger partial charge in [0.1, 0.15) is 11.7 Å². The summed E-state index contributed by atoms with van der Waals surface area (Å²) in [6, 6.07) is 0. The molecule has 64 valence electrons. The van der Waals surface area contributed by atoms with E-state index in [0.717, 1.165) is 0 Å². The Balaban J connectivity index is 4.08. The van der Waals surface area contributed by atoms with E-state index in [-0.39, 0.29) is 5.92 Å². The third-order valence-corrected chi connectivity index (χ3v) is 1.16. The topological polar surface area (TPSA) is 40.5 Å². The summed E-state index contributed by atoms with van der Waals surface area (Å²) < 4.78 is 0. The van der Waals surface area contributed by atoms with Crippen molar-refractivity contribution in [2.75, 3.05) is 0 Å². The molecule has 0 radical (unpaired) electrons. The molecule has 2 heteroatoms. The van der Waals surface area contributed by atoms with Gasteiger partial charge in [0.2, 0.25) is 0 Å². The van der Waals surface area contributed by atoms with Crippen LogP contribution in [0.5, 0.6) is 0 Å². The van der Waals surface area contributed by atoms with E-state index in [9.17, 15) is 5.11 Å². The van der Waals surface area contributed by atoms with E-state index < -0.39 is 11.7 Å². The van der Waals surface area contributed by atoms with E-state index in [0.29, 0.717) is 0 Å². The number of aliphatic hydroxyl groups is 2. The minimum atomic E-state index is -1.00. The molecule has 0 saturated carbocycles. The highest BCUT2D eigenvalue weighted by atomic mass is 16.3. The van der Waals surface area contributed by atoms with Crippen molar-refractivity contribution in [2.45, 2.75) is 39.4 Å². The van der Waals surface area contributed by atoms with Crippen molar-refractivity contribution in [3.63, 3.8) is 0 Å². The van der Waals surface area contributed by atoms with Crippen LogP contribution in [0, 0.1) is 17.8 Å². The van der Waals surface area contributed by atoms with Gasteiger partial charge < -0.3 is 10.2 Å². The summed E-state index contributed by atoms with van der Waals surface area (Å²) in [6.45, 7) is 6.94. The Labute approximate surface area is 68.2 Å². The summed E-state index contributed by atoms with van der Waals surface area (Å²) in [5, 5.41) is 18.4. The Morgan fingerprint density at radius 3 is 2.00 bits per heavy atom. The predicted octanol–water partition coefficient (Wildman–Crippen LogP) is 0.778. The van der Waals surface area contributed by atoms with Gasteiger partial charge in [-0.25, -0.2) is 0 Å². The molecular weight excluding hydrogens is 140 g/mol. The molecule has 1 atom stereocenters. The third-order valence-electron chi connectivity index (χ3n) is 1.16. The van der Waals surface area contributed by atoms with Gasteiger partial charge in [0.15, 0.2) is 0 Å². The molecule has 0 amide bonds. The minimum Gasteiger partial charge on any atom is -0.380 e. The largest absolute Gasteiger partial charge is 0.380 e. The Hall–Kier alpha value is -0.520. The highest BCUT2D eigenvalue weighted by Crippen LogP contribution is 2.01. The lowest BCUT2D eigenvalue weighted by atomic mass is 10.1. The van der Waals surface area contributed by atoms with Crippen LogP contribution in [0.25, 0.3) is 0 Å². The Morgan fingerprint density at radius 2 is 1.73 bits per heavy atom. The van der Waals surface area contributed by atoms with Crippen LogP contribution >= 0.6 is 0 Å². The summed E-state index contributed by atoms with van der Waals surface area (Å²) in [5.74, 6) is 5.25. The normalized spacial score (nSPS) is 14.1. The second-order valence-corrected chi connectivity index (χ2v) is 3.52. The first-order chi connectivity index (χ1) is 4.83. The molecule has 0 aromatic heterocycles. The monoisotopic (exact) mass is 156 g/mol. The molecule has 0 aromatic rings. The Kier molecular flexibility index (Phi) is 3.57. The number of hydrogen-bond acceptors (Lipinski definition) is 2. The lowest BCUT2D eigenvalue weighted by molar-refractivity contribution is 0.140. The van der Waals surface area contributed by atoms with Gasteiger partial charge in [-0.3, -0.25) is 0 Å². The van der Waals surface area contributed by atoms with E-state index in [2.05, 4.69) is 11.8 Å². The molecule has 0 spiro atoms. The molecule has 0 rings (SSSR count). The van der Waals surface area contributed by atoms with Crippen LogP contribution in [0.4, 0.5) is 0 Å². The first-order valence-electron chi connectivity index (χ1n) is 3.76. The van der Waals surface area contributed by atoms with Gasteiger partial charge in [-0.2, -0.15) is 0 Å². The van der Waals surface area contributed by atoms with E-state index >= 15 is 0 Å². The molecule has 2 N–H and O–H groups in total. The molecule has 0 unspecified atom stereocenters. The van der Waals surface area contributed by atoms with Gasteiger partial charge in [-0.15, -0.1) is 0 Å². The third kappa shape index (κ3) is 5.90. The quantitative estimate of drug-likeness (QED) is 0.551. The summed E-state index contributed by atoms with van der Waals surface area (Å²) in [6.07, 6.45) is -0.638. The zero-order valence-electron chi connectivity index (χ0n) is 7.55. The van der Waals surface area contributed by atoms with Crippen LogP contribution in [0.15, 0.2) is 0 Å². The Morgan fingerprint density at radius 1 is 1.27 bits per heavy atom. The zero-order chi connectivity index (χ0) is 9.07. The SMILES string of the molecule is CC(C)[C@@H](O)C#CC(C)(C)O. The second-order valence-electron chi connectivity index (χ2n) is 3.52. The van der Waals surface area contributed by atoms with Gasteiger partial charge in [-0.1, -0.05) is 25.7 Å². The fourth-order valence-electron chi connectivity index (χ4n) is 0.417. The maximum atomic E-state index is 9.21. The molecular formula is C9H16O2. The van der Waals surface area contributed by atoms with E-state index in [1.807, 2.05) is 13.8 Å². The van der Waals surface area contributed by atoms with Crippen LogP contribution in [-0.4, -0.2) is 21.9 Å². The summed E-state index contributed by atoms with van der Waals surface area (Å²) in [4.78, 5) is 0. The molecule has 2 nitrogen and oxygen atoms in total. The number of aliphatic hydroxyl groups excluding tert-OH is 1. The fourth-order valence-corrected chi connectivity index (χ4v) is 0.417. The average molecular weight is 156 g/mol. The van der Waals surface area contributed by atoms with Crippen molar-refractivity contribution >= 4 is 0 Å². The van der Waals surface area contributed by atoms with Crippen LogP contribution in [-0.2, 0) is 0 Å². The fraction of sp³-hybridized carbons (Fsp3) is 0.778. The van der Waals surface area contributed by atoms with Gasteiger partial charge in [0.05, 0.1) is 0 Å². The molecule has 0 bridgehead atoms. The molecule has 0 aromatic carbocycles. The van der Waals surface area contributed by atoms with Crippen molar-refractivity contribution in [1.82, 2.24) is 0 Å². The molecule has 0 fully saturated rings. The minimum absolute atomic E-state index is 0.116. The maximum absolute atomic E-state index is 9.21. The lowest BCUT2D eigenvalue weighted by Crippen LogP contribution is -2.18. The molecule has 0 aliphatic carbocycles. The number of hydrogen-bond donors (Lipinski definition) is 2. The average Bonchev–Trinajstić information content (AvgIpc) is 1.80. The Bertz CT molecular complexity index is 166. The molecule has 0 saturated heterocycles. The van der Waals surface area contributed by atoms with Crippen LogP contribution in [0.3, 0.4) is 0 Å². The molecule has 0 aliphatic heterocycles. The summed E-state index contributed by atoms with van der Waals surface area (Å²) >= 11 is 0. The summed E-state index contributed by atoms with van der Waals surface area (Å²) in [5.41, 5.74) is -1.00. The highest BCUT2D eigenvalue weighted by Gasteiger charge is 2.08. The van der Waals surface area contributed by atoms with E-state index in [4.69, 9.17) is 5.11 Å². The second kappa shape index (κ2) is 3.75. The summed E-state index contributed by atoms with van der Waals surface area (Å²) in [7, 11) is 0. The maximum Gasteiger partial charge on any atom is 0.120 e. The van der Waals surface area contributed by atoms with E-state index in [1.54, 1.807) is 13.8 Å². The van der Waals surface area contributed by atoms with E-state index in [1.165, 1.54) is 0 Å². The van der Waals surface area contributed by atoms with Crippen molar-refractivity contribution < 1.29 is 10.2 Å². The standard InChI is InChI=1S/C9H16O2/c1-7(2)8(10)5-6-9(3,4)11/h7-8,10-11H,1-4H3/t8-/m0/s1. The zero-order valence-corrected chi connectivity index (χ0v) is 7.55. The van der Waals surface area contributed by atoms with Crippen molar-refractivity contribution in [3.05, 3.63) is 0 Å². The van der Waals surface area contributed by atoms with Gasteiger partial charge in [-0.05, 0) is 19.8 Å². The highest BCUT2D eigenvalue weighted by molar-refractivity contribution is 5.13. The van der Waals surface area contributed by atoms with Crippen LogP contribution in [0.1, 0.15) is 27.7 Å². The molecule has 0 heterocycles. The van der Waals surface area contributed by atoms with Gasteiger partial charge >= 0.3 is 0 Å². The molecule has 11 heavy (non-hydrogen) atoms. The van der Waals surface area contributed by atoms with Crippen LogP contribution < -0.4 is 0 Å². The van der Waals surface area contributed by atoms with Gasteiger partial charge in [0.25, 0.3) is 0 Å². The first-order valence-corrected chi connectivity index (χ1v) is 3.76. The lowest BCUT2D eigenvalue weighted by Gasteiger charge is -2.09. The van der Waals surface area contributed by atoms with Gasteiger partial charge in [0, 0.05) is 0 Å². The van der Waals surface area contributed by atoms with Crippen LogP contribution in [0.2, 0.25) is 0 Å². The first kappa shape index (κ1) is 10.5. The van der Waals surface area contributed by atoms with Crippen molar-refractivity contribution in [3.8, 4) is 11.8 Å². The smallest absolute Gasteiger partial charge is 0.120 e.